The van der Waals surface area contributed by atoms with Gasteiger partial charge in [-0.05, 0) is 46.7 Å². The van der Waals surface area contributed by atoms with Crippen LogP contribution in [0.4, 0.5) is 5.69 Å². The fraction of sp³-hybridized carbons (Fsp3) is 0.545. The number of hydrogen-bond donors (Lipinski definition) is 1. The van der Waals surface area contributed by atoms with Gasteiger partial charge in [0, 0.05) is 17.5 Å². The number of pyridine rings is 1. The first-order valence-electron chi connectivity index (χ1n) is 5.26. The number of anilines is 1. The third-order valence-electron chi connectivity index (χ3n) is 2.71. The number of rotatable bonds is 2. The minimum atomic E-state index is 0.573. The summed E-state index contributed by atoms with van der Waals surface area (Å²) in [6.45, 7) is 2.30. The summed E-state index contributed by atoms with van der Waals surface area (Å²) in [6, 6.07) is 4.61. The standard InChI is InChI=1S/C11H15BrN2S/c1-8-9(5-3-7-15-8)14-10-4-2-6-13-11(10)12/h2,4,6,8-9,14H,3,5,7H2,1H3. The van der Waals surface area contributed by atoms with Crippen molar-refractivity contribution in [1.82, 2.24) is 4.98 Å². The molecule has 1 aliphatic heterocycles. The van der Waals surface area contributed by atoms with Crippen LogP contribution in [-0.2, 0) is 0 Å². The molecule has 1 N–H and O–H groups in total. The lowest BCUT2D eigenvalue weighted by Crippen LogP contribution is -2.32. The number of halogens is 1. The molecule has 4 heteroatoms. The fourth-order valence-electron chi connectivity index (χ4n) is 1.81. The van der Waals surface area contributed by atoms with Crippen LogP contribution in [0.1, 0.15) is 19.8 Å². The van der Waals surface area contributed by atoms with Crippen molar-refractivity contribution < 1.29 is 0 Å². The molecule has 2 heterocycles. The second-order valence-corrected chi connectivity index (χ2v) is 6.05. The average Bonchev–Trinajstić information content (AvgIpc) is 2.24. The van der Waals surface area contributed by atoms with Crippen LogP contribution < -0.4 is 5.32 Å². The van der Waals surface area contributed by atoms with E-state index in [1.807, 2.05) is 6.07 Å². The molecular weight excluding hydrogens is 272 g/mol. The van der Waals surface area contributed by atoms with Gasteiger partial charge in [0.25, 0.3) is 0 Å². The largest absolute Gasteiger partial charge is 0.379 e. The topological polar surface area (TPSA) is 24.9 Å². The third kappa shape index (κ3) is 2.88. The van der Waals surface area contributed by atoms with E-state index in [4.69, 9.17) is 0 Å². The van der Waals surface area contributed by atoms with Crippen LogP contribution in [0, 0.1) is 0 Å². The van der Waals surface area contributed by atoms with Crippen LogP contribution in [0.2, 0.25) is 0 Å². The van der Waals surface area contributed by atoms with E-state index in [9.17, 15) is 0 Å². The lowest BCUT2D eigenvalue weighted by molar-refractivity contribution is 0.617. The van der Waals surface area contributed by atoms with E-state index >= 15 is 0 Å². The molecule has 1 aromatic heterocycles. The van der Waals surface area contributed by atoms with Crippen LogP contribution in [0.5, 0.6) is 0 Å². The average molecular weight is 287 g/mol. The number of thioether (sulfide) groups is 1. The Morgan fingerprint density at radius 1 is 1.60 bits per heavy atom. The predicted octanol–water partition coefficient (Wildman–Crippen LogP) is 3.54. The molecular formula is C11H15BrN2S. The number of nitrogens with zero attached hydrogens (tertiary/aromatic N) is 1. The van der Waals surface area contributed by atoms with Gasteiger partial charge < -0.3 is 5.32 Å². The van der Waals surface area contributed by atoms with E-state index in [-0.39, 0.29) is 0 Å². The van der Waals surface area contributed by atoms with E-state index in [2.05, 4.69) is 51.0 Å². The number of aromatic nitrogens is 1. The maximum atomic E-state index is 4.22. The van der Waals surface area contributed by atoms with Gasteiger partial charge in [0.05, 0.1) is 5.69 Å². The van der Waals surface area contributed by atoms with Gasteiger partial charge in [-0.1, -0.05) is 6.92 Å². The molecule has 1 fully saturated rings. The lowest BCUT2D eigenvalue weighted by Gasteiger charge is -2.30. The summed E-state index contributed by atoms with van der Waals surface area (Å²) in [4.78, 5) is 4.22. The smallest absolute Gasteiger partial charge is 0.129 e. The van der Waals surface area contributed by atoms with Crippen molar-refractivity contribution in [3.05, 3.63) is 22.9 Å². The predicted molar refractivity (Wildman–Crippen MR) is 70.5 cm³/mol. The molecule has 2 nitrogen and oxygen atoms in total. The van der Waals surface area contributed by atoms with Crippen molar-refractivity contribution in [2.45, 2.75) is 31.1 Å². The van der Waals surface area contributed by atoms with E-state index in [0.29, 0.717) is 11.3 Å². The first-order chi connectivity index (χ1) is 7.27. The Morgan fingerprint density at radius 3 is 3.20 bits per heavy atom. The molecule has 82 valence electrons. The Kier molecular flexibility index (Phi) is 3.92. The summed E-state index contributed by atoms with van der Waals surface area (Å²) in [5.41, 5.74) is 1.11. The summed E-state index contributed by atoms with van der Waals surface area (Å²) in [5, 5.41) is 4.25. The number of nitrogens with one attached hydrogen (secondary N) is 1. The zero-order valence-electron chi connectivity index (χ0n) is 8.74. The Morgan fingerprint density at radius 2 is 2.47 bits per heavy atom. The van der Waals surface area contributed by atoms with Crippen molar-refractivity contribution in [3.63, 3.8) is 0 Å². The van der Waals surface area contributed by atoms with Crippen molar-refractivity contribution in [3.8, 4) is 0 Å². The Labute approximate surface area is 103 Å². The van der Waals surface area contributed by atoms with E-state index in [1.54, 1.807) is 6.20 Å². The molecule has 2 atom stereocenters. The Bertz CT molecular complexity index is 332. The maximum absolute atomic E-state index is 4.22. The minimum Gasteiger partial charge on any atom is -0.379 e. The molecule has 1 saturated heterocycles. The lowest BCUT2D eigenvalue weighted by atomic mass is 10.1. The molecule has 0 amide bonds. The fourth-order valence-corrected chi connectivity index (χ4v) is 3.31. The highest BCUT2D eigenvalue weighted by Crippen LogP contribution is 2.29. The molecule has 0 aliphatic carbocycles. The highest BCUT2D eigenvalue weighted by Gasteiger charge is 2.21. The Balaban J connectivity index is 2.04. The molecule has 0 radical (unpaired) electrons. The van der Waals surface area contributed by atoms with E-state index in [0.717, 1.165) is 10.3 Å². The second kappa shape index (κ2) is 5.21. The molecule has 1 aromatic rings. The van der Waals surface area contributed by atoms with Crippen LogP contribution >= 0.6 is 27.7 Å². The minimum absolute atomic E-state index is 0.573. The molecule has 0 spiro atoms. The third-order valence-corrected chi connectivity index (χ3v) is 4.72. The normalized spacial score (nSPS) is 26.3. The monoisotopic (exact) mass is 286 g/mol. The molecule has 0 saturated carbocycles. The van der Waals surface area contributed by atoms with Gasteiger partial charge in [0.2, 0.25) is 0 Å². The molecule has 0 aromatic carbocycles. The number of hydrogen-bond acceptors (Lipinski definition) is 3. The van der Waals surface area contributed by atoms with Crippen LogP contribution in [-0.4, -0.2) is 22.0 Å². The van der Waals surface area contributed by atoms with Gasteiger partial charge in [-0.2, -0.15) is 11.8 Å². The zero-order valence-corrected chi connectivity index (χ0v) is 11.1. The van der Waals surface area contributed by atoms with Crippen molar-refractivity contribution in [2.75, 3.05) is 11.1 Å². The van der Waals surface area contributed by atoms with Gasteiger partial charge in [0.15, 0.2) is 0 Å². The highest BCUT2D eigenvalue weighted by molar-refractivity contribution is 9.10. The Hall–Kier alpha value is -0.220. The summed E-state index contributed by atoms with van der Waals surface area (Å²) in [5.74, 6) is 1.30. The summed E-state index contributed by atoms with van der Waals surface area (Å²) < 4.78 is 0.910. The van der Waals surface area contributed by atoms with Crippen LogP contribution in [0.25, 0.3) is 0 Å². The summed E-state index contributed by atoms with van der Waals surface area (Å²) in [6.07, 6.45) is 4.37. The van der Waals surface area contributed by atoms with E-state index < -0.39 is 0 Å². The summed E-state index contributed by atoms with van der Waals surface area (Å²) >= 11 is 5.52. The first kappa shape index (κ1) is 11.3. The molecule has 2 unspecified atom stereocenters. The van der Waals surface area contributed by atoms with Gasteiger partial charge >= 0.3 is 0 Å². The quantitative estimate of drug-likeness (QED) is 0.842. The van der Waals surface area contributed by atoms with E-state index in [1.165, 1.54) is 18.6 Å². The SMILES string of the molecule is CC1SCCCC1Nc1cccnc1Br. The van der Waals surface area contributed by atoms with Crippen molar-refractivity contribution in [2.24, 2.45) is 0 Å². The second-order valence-electron chi connectivity index (χ2n) is 3.81. The van der Waals surface area contributed by atoms with Gasteiger partial charge in [-0.25, -0.2) is 4.98 Å². The van der Waals surface area contributed by atoms with Gasteiger partial charge in [0.1, 0.15) is 4.60 Å². The van der Waals surface area contributed by atoms with Crippen molar-refractivity contribution in [1.29, 1.82) is 0 Å². The van der Waals surface area contributed by atoms with Crippen molar-refractivity contribution >= 4 is 33.4 Å². The first-order valence-corrected chi connectivity index (χ1v) is 7.10. The molecule has 2 rings (SSSR count). The van der Waals surface area contributed by atoms with Gasteiger partial charge in [-0.15, -0.1) is 0 Å². The molecule has 1 aliphatic rings. The molecule has 0 bridgehead atoms. The molecule has 15 heavy (non-hydrogen) atoms. The zero-order chi connectivity index (χ0) is 10.7. The summed E-state index contributed by atoms with van der Waals surface area (Å²) in [7, 11) is 0. The van der Waals surface area contributed by atoms with Crippen LogP contribution in [0.15, 0.2) is 22.9 Å². The maximum Gasteiger partial charge on any atom is 0.129 e. The van der Waals surface area contributed by atoms with Gasteiger partial charge in [-0.3, -0.25) is 0 Å². The van der Waals surface area contributed by atoms with Crippen LogP contribution in [0.3, 0.4) is 0 Å². The highest BCUT2D eigenvalue weighted by atomic mass is 79.9.